The first-order valence-electron chi connectivity index (χ1n) is 8.37. The second-order valence-corrected chi connectivity index (χ2v) is 7.25. The number of carbonyl (C=O) groups is 1. The van der Waals surface area contributed by atoms with Crippen LogP contribution in [0.3, 0.4) is 0 Å². The van der Waals surface area contributed by atoms with Crippen LogP contribution in [0.15, 0.2) is 42.5 Å². The van der Waals surface area contributed by atoms with Gasteiger partial charge < -0.3 is 4.74 Å². The summed E-state index contributed by atoms with van der Waals surface area (Å²) < 4.78 is 5.73. The highest BCUT2D eigenvalue weighted by molar-refractivity contribution is 7.18. The Morgan fingerprint density at radius 3 is 2.46 bits per heavy atom. The molecular formula is C20H21N3O2S. The Kier molecular flexibility index (Phi) is 5.32. The van der Waals surface area contributed by atoms with Crippen LogP contribution in [-0.2, 0) is 4.79 Å². The van der Waals surface area contributed by atoms with Crippen molar-refractivity contribution >= 4 is 22.4 Å². The zero-order chi connectivity index (χ0) is 18.7. The first-order chi connectivity index (χ1) is 12.4. The lowest BCUT2D eigenvalue weighted by Gasteiger charge is -2.14. The summed E-state index contributed by atoms with van der Waals surface area (Å²) in [5.74, 6) is 0.420. The van der Waals surface area contributed by atoms with Gasteiger partial charge in [-0.15, -0.1) is 10.2 Å². The molecule has 0 radical (unpaired) electrons. The lowest BCUT2D eigenvalue weighted by atomic mass is 10.1. The molecule has 0 bridgehead atoms. The summed E-state index contributed by atoms with van der Waals surface area (Å²) in [6, 6.07) is 13.8. The van der Waals surface area contributed by atoms with E-state index in [-0.39, 0.29) is 5.91 Å². The van der Waals surface area contributed by atoms with Crippen LogP contribution in [0, 0.1) is 20.8 Å². The quantitative estimate of drug-likeness (QED) is 0.719. The fourth-order valence-electron chi connectivity index (χ4n) is 2.34. The van der Waals surface area contributed by atoms with E-state index >= 15 is 0 Å². The predicted octanol–water partition coefficient (Wildman–Crippen LogP) is 4.54. The summed E-state index contributed by atoms with van der Waals surface area (Å²) >= 11 is 1.34. The van der Waals surface area contributed by atoms with Gasteiger partial charge in [0.25, 0.3) is 5.91 Å². The number of hydrogen-bond acceptors (Lipinski definition) is 5. The highest BCUT2D eigenvalue weighted by Crippen LogP contribution is 2.26. The van der Waals surface area contributed by atoms with Crippen molar-refractivity contribution < 1.29 is 9.53 Å². The van der Waals surface area contributed by atoms with Crippen molar-refractivity contribution in [3.05, 3.63) is 59.2 Å². The SMILES string of the molecule is Cc1ccc(-c2nnc(NC(=O)[C@@H](C)Oc3ccc(C)c(C)c3)s2)cc1. The number of hydrogen-bond donors (Lipinski definition) is 1. The number of aryl methyl sites for hydroxylation is 3. The second kappa shape index (κ2) is 7.66. The number of amides is 1. The minimum Gasteiger partial charge on any atom is -0.481 e. The van der Waals surface area contributed by atoms with Crippen LogP contribution in [0.5, 0.6) is 5.75 Å². The first kappa shape index (κ1) is 18.1. The Hall–Kier alpha value is -2.73. The van der Waals surface area contributed by atoms with E-state index in [1.807, 2.05) is 63.2 Å². The average molecular weight is 367 g/mol. The maximum absolute atomic E-state index is 12.4. The first-order valence-corrected chi connectivity index (χ1v) is 9.19. The monoisotopic (exact) mass is 367 g/mol. The summed E-state index contributed by atoms with van der Waals surface area (Å²) in [4.78, 5) is 12.4. The third kappa shape index (κ3) is 4.26. The molecule has 0 fully saturated rings. The third-order valence-corrected chi connectivity index (χ3v) is 5.00. The van der Waals surface area contributed by atoms with E-state index in [4.69, 9.17) is 4.74 Å². The third-order valence-electron chi connectivity index (χ3n) is 4.11. The molecule has 1 amide bonds. The van der Waals surface area contributed by atoms with E-state index in [1.165, 1.54) is 22.5 Å². The molecule has 6 heteroatoms. The molecule has 0 aliphatic carbocycles. The standard InChI is InChI=1S/C20H21N3O2S/c1-12-5-8-16(9-6-12)19-22-23-20(26-19)21-18(24)15(4)25-17-10-7-13(2)14(3)11-17/h5-11,15H,1-4H3,(H,21,23,24)/t15-/m1/s1. The van der Waals surface area contributed by atoms with Gasteiger partial charge in [0.1, 0.15) is 10.8 Å². The van der Waals surface area contributed by atoms with E-state index in [2.05, 4.69) is 15.5 Å². The molecule has 2 aromatic carbocycles. The number of ether oxygens (including phenoxy) is 1. The van der Waals surface area contributed by atoms with Crippen molar-refractivity contribution in [2.45, 2.75) is 33.8 Å². The van der Waals surface area contributed by atoms with Gasteiger partial charge in [0.15, 0.2) is 6.10 Å². The molecule has 0 aliphatic rings. The Morgan fingerprint density at radius 1 is 1.04 bits per heavy atom. The summed E-state index contributed by atoms with van der Waals surface area (Å²) in [7, 11) is 0. The van der Waals surface area contributed by atoms with Crippen molar-refractivity contribution in [2.24, 2.45) is 0 Å². The van der Waals surface area contributed by atoms with E-state index in [0.717, 1.165) is 16.1 Å². The van der Waals surface area contributed by atoms with Gasteiger partial charge >= 0.3 is 0 Å². The van der Waals surface area contributed by atoms with Gasteiger partial charge in [-0.3, -0.25) is 10.1 Å². The normalized spacial score (nSPS) is 11.8. The molecular weight excluding hydrogens is 346 g/mol. The molecule has 0 aliphatic heterocycles. The van der Waals surface area contributed by atoms with Crippen molar-refractivity contribution in [1.29, 1.82) is 0 Å². The minimum absolute atomic E-state index is 0.255. The maximum Gasteiger partial charge on any atom is 0.266 e. The second-order valence-electron chi connectivity index (χ2n) is 6.27. The Labute approximate surface area is 157 Å². The number of aromatic nitrogens is 2. The Bertz CT molecular complexity index is 919. The number of benzene rings is 2. The molecule has 26 heavy (non-hydrogen) atoms. The Morgan fingerprint density at radius 2 is 1.77 bits per heavy atom. The van der Waals surface area contributed by atoms with E-state index in [1.54, 1.807) is 6.92 Å². The van der Waals surface area contributed by atoms with Gasteiger partial charge in [-0.05, 0) is 51.0 Å². The Balaban J connectivity index is 1.64. The lowest BCUT2D eigenvalue weighted by Crippen LogP contribution is -2.30. The van der Waals surface area contributed by atoms with Crippen molar-refractivity contribution in [2.75, 3.05) is 5.32 Å². The molecule has 3 rings (SSSR count). The minimum atomic E-state index is -0.635. The highest BCUT2D eigenvalue weighted by atomic mass is 32.1. The van der Waals surface area contributed by atoms with Crippen molar-refractivity contribution in [1.82, 2.24) is 10.2 Å². The molecule has 0 unspecified atom stereocenters. The fourth-order valence-corrected chi connectivity index (χ4v) is 3.09. The van der Waals surface area contributed by atoms with Crippen LogP contribution < -0.4 is 10.1 Å². The number of rotatable bonds is 5. The number of carbonyl (C=O) groups excluding carboxylic acids is 1. The van der Waals surface area contributed by atoms with Crippen LogP contribution in [0.4, 0.5) is 5.13 Å². The summed E-state index contributed by atoms with van der Waals surface area (Å²) in [5, 5.41) is 12.2. The van der Waals surface area contributed by atoms with E-state index in [0.29, 0.717) is 10.9 Å². The molecule has 1 aromatic heterocycles. The van der Waals surface area contributed by atoms with Gasteiger partial charge in [-0.1, -0.05) is 47.2 Å². The predicted molar refractivity (Wildman–Crippen MR) is 105 cm³/mol. The van der Waals surface area contributed by atoms with Gasteiger partial charge in [0.2, 0.25) is 5.13 Å². The van der Waals surface area contributed by atoms with Crippen LogP contribution in [-0.4, -0.2) is 22.2 Å². The summed E-state index contributed by atoms with van der Waals surface area (Å²) in [6.45, 7) is 7.80. The van der Waals surface area contributed by atoms with Crippen LogP contribution in [0.2, 0.25) is 0 Å². The van der Waals surface area contributed by atoms with Gasteiger partial charge in [-0.25, -0.2) is 0 Å². The number of nitrogens with zero attached hydrogens (tertiary/aromatic N) is 2. The molecule has 0 spiro atoms. The largest absolute Gasteiger partial charge is 0.481 e. The van der Waals surface area contributed by atoms with Crippen molar-refractivity contribution in [3.8, 4) is 16.3 Å². The topological polar surface area (TPSA) is 64.1 Å². The molecule has 5 nitrogen and oxygen atoms in total. The molecule has 0 saturated heterocycles. The smallest absolute Gasteiger partial charge is 0.266 e. The summed E-state index contributed by atoms with van der Waals surface area (Å²) in [6.07, 6.45) is -0.635. The molecule has 3 aromatic rings. The summed E-state index contributed by atoms with van der Waals surface area (Å²) in [5.41, 5.74) is 4.48. The highest BCUT2D eigenvalue weighted by Gasteiger charge is 2.17. The van der Waals surface area contributed by atoms with Crippen LogP contribution >= 0.6 is 11.3 Å². The van der Waals surface area contributed by atoms with Crippen LogP contribution in [0.1, 0.15) is 23.6 Å². The molecule has 1 heterocycles. The molecule has 0 saturated carbocycles. The average Bonchev–Trinajstić information content (AvgIpc) is 3.07. The van der Waals surface area contributed by atoms with E-state index < -0.39 is 6.10 Å². The number of nitrogens with one attached hydrogen (secondary N) is 1. The van der Waals surface area contributed by atoms with Crippen LogP contribution in [0.25, 0.3) is 10.6 Å². The molecule has 1 atom stereocenters. The lowest BCUT2D eigenvalue weighted by molar-refractivity contribution is -0.122. The maximum atomic E-state index is 12.4. The van der Waals surface area contributed by atoms with Gasteiger partial charge in [0.05, 0.1) is 0 Å². The zero-order valence-corrected chi connectivity index (χ0v) is 16.1. The molecule has 1 N–H and O–H groups in total. The van der Waals surface area contributed by atoms with Gasteiger partial charge in [-0.2, -0.15) is 0 Å². The zero-order valence-electron chi connectivity index (χ0n) is 15.2. The number of anilines is 1. The van der Waals surface area contributed by atoms with Crippen molar-refractivity contribution in [3.63, 3.8) is 0 Å². The molecule has 134 valence electrons. The fraction of sp³-hybridized carbons (Fsp3) is 0.250. The van der Waals surface area contributed by atoms with E-state index in [9.17, 15) is 4.79 Å². The van der Waals surface area contributed by atoms with Gasteiger partial charge in [0, 0.05) is 5.56 Å².